The monoisotopic (exact) mass is 287 g/mol. The van der Waals surface area contributed by atoms with E-state index in [-0.39, 0.29) is 11.7 Å². The number of aromatic hydroxyl groups is 1. The second-order valence-electron chi connectivity index (χ2n) is 4.48. The Hall–Kier alpha value is -2.69. The Morgan fingerprint density at radius 2 is 1.52 bits per heavy atom. The smallest absolute Gasteiger partial charge is 0.258 e. The largest absolute Gasteiger partial charge is 0.508 e. The molecular weight excluding hydrogens is 270 g/mol. The third-order valence-electron chi connectivity index (χ3n) is 3.14. The Bertz CT molecular complexity index is 615. The maximum atomic E-state index is 12.5. The van der Waals surface area contributed by atoms with Crippen molar-refractivity contribution in [1.29, 1.82) is 0 Å². The highest BCUT2D eigenvalue weighted by Crippen LogP contribution is 2.25. The number of hydrogen-bond acceptors (Lipinski definition) is 4. The van der Waals surface area contributed by atoms with Crippen molar-refractivity contribution >= 4 is 11.6 Å². The molecular formula is C16H17NO4. The topological polar surface area (TPSA) is 59.0 Å². The fourth-order valence-corrected chi connectivity index (χ4v) is 1.92. The third kappa shape index (κ3) is 3.25. The van der Waals surface area contributed by atoms with Crippen molar-refractivity contribution in [3.8, 4) is 17.2 Å². The summed E-state index contributed by atoms with van der Waals surface area (Å²) in [7, 11) is 4.74. The van der Waals surface area contributed by atoms with Gasteiger partial charge in [0.05, 0.1) is 14.2 Å². The number of carbonyl (C=O) groups excluding carboxylic acids is 1. The molecule has 0 heterocycles. The highest BCUT2D eigenvalue weighted by Gasteiger charge is 2.15. The molecule has 0 unspecified atom stereocenters. The summed E-state index contributed by atoms with van der Waals surface area (Å²) in [6.45, 7) is 0. The number of amides is 1. The second-order valence-corrected chi connectivity index (χ2v) is 4.48. The highest BCUT2D eigenvalue weighted by molar-refractivity contribution is 6.06. The first kappa shape index (κ1) is 14.7. The van der Waals surface area contributed by atoms with Crippen LogP contribution in [0.25, 0.3) is 0 Å². The summed E-state index contributed by atoms with van der Waals surface area (Å²) in [5.41, 5.74) is 1.14. The van der Waals surface area contributed by atoms with Crippen LogP contribution in [0, 0.1) is 0 Å². The van der Waals surface area contributed by atoms with E-state index in [1.165, 1.54) is 31.3 Å². The molecule has 0 saturated heterocycles. The molecule has 1 N–H and O–H groups in total. The van der Waals surface area contributed by atoms with Crippen molar-refractivity contribution in [3.05, 3.63) is 48.0 Å². The maximum Gasteiger partial charge on any atom is 0.258 e. The lowest BCUT2D eigenvalue weighted by Gasteiger charge is -2.18. The Morgan fingerprint density at radius 1 is 1.00 bits per heavy atom. The van der Waals surface area contributed by atoms with Gasteiger partial charge in [0.1, 0.15) is 17.2 Å². The van der Waals surface area contributed by atoms with Crippen molar-refractivity contribution in [2.75, 3.05) is 26.2 Å². The molecule has 110 valence electrons. The summed E-state index contributed by atoms with van der Waals surface area (Å²) in [6, 6.07) is 11.4. The molecule has 0 aliphatic heterocycles. The van der Waals surface area contributed by atoms with Gasteiger partial charge in [0, 0.05) is 24.4 Å². The van der Waals surface area contributed by atoms with E-state index in [9.17, 15) is 9.90 Å². The van der Waals surface area contributed by atoms with Crippen LogP contribution in [0.3, 0.4) is 0 Å². The van der Waals surface area contributed by atoms with Gasteiger partial charge in [-0.05, 0) is 36.4 Å². The number of rotatable bonds is 4. The molecule has 5 nitrogen and oxygen atoms in total. The summed E-state index contributed by atoms with van der Waals surface area (Å²) < 4.78 is 10.3. The number of anilines is 1. The molecule has 2 aromatic carbocycles. The fraction of sp³-hybridized carbons (Fsp3) is 0.188. The van der Waals surface area contributed by atoms with E-state index in [4.69, 9.17) is 9.47 Å². The predicted molar refractivity (Wildman–Crippen MR) is 80.4 cm³/mol. The standard InChI is InChI=1S/C16H17NO4/c1-17(12-4-6-13(18)7-5-12)16(19)11-8-14(20-2)10-15(9-11)21-3/h4-10,18H,1-3H3. The van der Waals surface area contributed by atoms with Crippen LogP contribution in [0.2, 0.25) is 0 Å². The lowest BCUT2D eigenvalue weighted by molar-refractivity contribution is 0.0992. The van der Waals surface area contributed by atoms with Gasteiger partial charge in [-0.15, -0.1) is 0 Å². The molecule has 0 radical (unpaired) electrons. The van der Waals surface area contributed by atoms with Crippen molar-refractivity contribution in [2.45, 2.75) is 0 Å². The molecule has 0 saturated carbocycles. The molecule has 2 aromatic rings. The molecule has 0 atom stereocenters. The molecule has 0 aliphatic rings. The number of ether oxygens (including phenoxy) is 2. The summed E-state index contributed by atoms with van der Waals surface area (Å²) in [5, 5.41) is 9.29. The molecule has 21 heavy (non-hydrogen) atoms. The van der Waals surface area contributed by atoms with E-state index < -0.39 is 0 Å². The van der Waals surface area contributed by atoms with Gasteiger partial charge < -0.3 is 19.5 Å². The average Bonchev–Trinajstić information content (AvgIpc) is 2.53. The van der Waals surface area contributed by atoms with E-state index in [0.29, 0.717) is 22.7 Å². The van der Waals surface area contributed by atoms with Crippen LogP contribution in [0.1, 0.15) is 10.4 Å². The van der Waals surface area contributed by atoms with Gasteiger partial charge in [0.25, 0.3) is 5.91 Å². The summed E-state index contributed by atoms with van der Waals surface area (Å²) in [5.74, 6) is 1.06. The van der Waals surface area contributed by atoms with E-state index in [1.54, 1.807) is 37.4 Å². The van der Waals surface area contributed by atoms with Crippen LogP contribution >= 0.6 is 0 Å². The van der Waals surface area contributed by atoms with Gasteiger partial charge in [0.2, 0.25) is 0 Å². The minimum absolute atomic E-state index is 0.155. The van der Waals surface area contributed by atoms with Gasteiger partial charge in [0.15, 0.2) is 0 Å². The SMILES string of the molecule is COc1cc(OC)cc(C(=O)N(C)c2ccc(O)cc2)c1. The van der Waals surface area contributed by atoms with Crippen LogP contribution in [-0.4, -0.2) is 32.3 Å². The lowest BCUT2D eigenvalue weighted by Crippen LogP contribution is -2.26. The second kappa shape index (κ2) is 6.17. The average molecular weight is 287 g/mol. The molecule has 2 rings (SSSR count). The van der Waals surface area contributed by atoms with E-state index in [1.807, 2.05) is 0 Å². The minimum atomic E-state index is -0.196. The summed E-state index contributed by atoms with van der Waals surface area (Å²) in [4.78, 5) is 14.0. The first-order chi connectivity index (χ1) is 10.0. The number of carbonyl (C=O) groups is 1. The van der Waals surface area contributed by atoms with Crippen molar-refractivity contribution in [2.24, 2.45) is 0 Å². The first-order valence-electron chi connectivity index (χ1n) is 6.35. The van der Waals surface area contributed by atoms with Crippen LogP contribution in [0.4, 0.5) is 5.69 Å². The van der Waals surface area contributed by atoms with Crippen molar-refractivity contribution in [3.63, 3.8) is 0 Å². The fourth-order valence-electron chi connectivity index (χ4n) is 1.92. The van der Waals surface area contributed by atoms with Gasteiger partial charge in [-0.3, -0.25) is 4.79 Å². The van der Waals surface area contributed by atoms with E-state index in [0.717, 1.165) is 0 Å². The van der Waals surface area contributed by atoms with E-state index in [2.05, 4.69) is 0 Å². The molecule has 0 bridgehead atoms. The Morgan fingerprint density at radius 3 is 2.00 bits per heavy atom. The number of hydrogen-bond donors (Lipinski definition) is 1. The van der Waals surface area contributed by atoms with Gasteiger partial charge >= 0.3 is 0 Å². The Labute approximate surface area is 123 Å². The normalized spacial score (nSPS) is 10.0. The zero-order chi connectivity index (χ0) is 15.4. The van der Waals surface area contributed by atoms with Crippen molar-refractivity contribution < 1.29 is 19.4 Å². The zero-order valence-electron chi connectivity index (χ0n) is 12.2. The number of nitrogens with zero attached hydrogens (tertiary/aromatic N) is 1. The lowest BCUT2D eigenvalue weighted by atomic mass is 10.1. The molecule has 5 heteroatoms. The van der Waals surface area contributed by atoms with E-state index >= 15 is 0 Å². The molecule has 0 fully saturated rings. The first-order valence-corrected chi connectivity index (χ1v) is 6.35. The Kier molecular flexibility index (Phi) is 4.33. The minimum Gasteiger partial charge on any atom is -0.508 e. The highest BCUT2D eigenvalue weighted by atomic mass is 16.5. The van der Waals surface area contributed by atoms with Crippen LogP contribution in [-0.2, 0) is 0 Å². The quantitative estimate of drug-likeness (QED) is 0.939. The zero-order valence-corrected chi connectivity index (χ0v) is 12.2. The molecule has 1 amide bonds. The van der Waals surface area contributed by atoms with Crippen LogP contribution in [0.5, 0.6) is 17.2 Å². The molecule has 0 spiro atoms. The summed E-state index contributed by atoms with van der Waals surface area (Å²) >= 11 is 0. The van der Waals surface area contributed by atoms with Crippen LogP contribution < -0.4 is 14.4 Å². The van der Waals surface area contributed by atoms with Gasteiger partial charge in [-0.25, -0.2) is 0 Å². The number of methoxy groups -OCH3 is 2. The number of phenols is 1. The van der Waals surface area contributed by atoms with Crippen molar-refractivity contribution in [1.82, 2.24) is 0 Å². The molecule has 0 aromatic heterocycles. The summed E-state index contributed by atoms with van der Waals surface area (Å²) in [6.07, 6.45) is 0. The van der Waals surface area contributed by atoms with Gasteiger partial charge in [-0.1, -0.05) is 0 Å². The maximum absolute atomic E-state index is 12.5. The number of phenolic OH excluding ortho intramolecular Hbond substituents is 1. The number of benzene rings is 2. The van der Waals surface area contributed by atoms with Gasteiger partial charge in [-0.2, -0.15) is 0 Å². The van der Waals surface area contributed by atoms with Crippen LogP contribution in [0.15, 0.2) is 42.5 Å². The third-order valence-corrected chi connectivity index (χ3v) is 3.14. The Balaban J connectivity index is 2.32. The predicted octanol–water partition coefficient (Wildman–Crippen LogP) is 2.69. The molecule has 0 aliphatic carbocycles.